The zero-order valence-electron chi connectivity index (χ0n) is 12.6. The van der Waals surface area contributed by atoms with Gasteiger partial charge in [0.15, 0.2) is 0 Å². The highest BCUT2D eigenvalue weighted by Gasteiger charge is 2.10. The lowest BCUT2D eigenvalue weighted by molar-refractivity contribution is 0.0938. The highest BCUT2D eigenvalue weighted by molar-refractivity contribution is 6.30. The Morgan fingerprint density at radius 2 is 1.74 bits per heavy atom. The molecule has 23 heavy (non-hydrogen) atoms. The van der Waals surface area contributed by atoms with Crippen LogP contribution in [0.5, 0.6) is 5.75 Å². The second-order valence-corrected chi connectivity index (χ2v) is 5.18. The van der Waals surface area contributed by atoms with E-state index in [2.05, 4.69) is 16.2 Å². The number of carbonyl (C=O) groups is 2. The van der Waals surface area contributed by atoms with E-state index in [-0.39, 0.29) is 0 Å². The van der Waals surface area contributed by atoms with Crippen LogP contribution in [0.25, 0.3) is 0 Å². The van der Waals surface area contributed by atoms with Gasteiger partial charge in [0.25, 0.3) is 5.91 Å². The fourth-order valence-electron chi connectivity index (χ4n) is 1.86. The van der Waals surface area contributed by atoms with Gasteiger partial charge in [-0.3, -0.25) is 10.2 Å². The third-order valence-electron chi connectivity index (χ3n) is 3.00. The van der Waals surface area contributed by atoms with Crippen molar-refractivity contribution in [1.29, 1.82) is 0 Å². The Morgan fingerprint density at radius 3 is 2.39 bits per heavy atom. The maximum Gasteiger partial charge on any atom is 0.338 e. The molecule has 0 unspecified atom stereocenters. The number of methoxy groups -OCH3 is 1. The van der Waals surface area contributed by atoms with Gasteiger partial charge in [-0.1, -0.05) is 17.7 Å². The van der Waals surface area contributed by atoms with Gasteiger partial charge in [0, 0.05) is 10.6 Å². The molecule has 6 nitrogen and oxygen atoms in total. The molecule has 0 bridgehead atoms. The molecule has 0 saturated heterocycles. The number of urea groups is 1. The van der Waals surface area contributed by atoms with Gasteiger partial charge in [-0.05, 0) is 48.9 Å². The van der Waals surface area contributed by atoms with Crippen LogP contribution >= 0.6 is 11.6 Å². The van der Waals surface area contributed by atoms with E-state index in [9.17, 15) is 9.59 Å². The fraction of sp³-hybridized carbons (Fsp3) is 0.125. The van der Waals surface area contributed by atoms with Crippen LogP contribution < -0.4 is 20.9 Å². The van der Waals surface area contributed by atoms with Crippen LogP contribution in [0.4, 0.5) is 10.5 Å². The van der Waals surface area contributed by atoms with Crippen molar-refractivity contribution in [3.05, 3.63) is 58.6 Å². The summed E-state index contributed by atoms with van der Waals surface area (Å²) >= 11 is 5.75. The highest BCUT2D eigenvalue weighted by Crippen LogP contribution is 2.24. The lowest BCUT2D eigenvalue weighted by Crippen LogP contribution is -2.43. The average Bonchev–Trinajstić information content (AvgIpc) is 2.53. The fourth-order valence-corrected chi connectivity index (χ4v) is 1.99. The van der Waals surface area contributed by atoms with Gasteiger partial charge in [0.05, 0.1) is 12.8 Å². The van der Waals surface area contributed by atoms with Crippen LogP contribution in [0.2, 0.25) is 5.02 Å². The predicted molar refractivity (Wildman–Crippen MR) is 88.8 cm³/mol. The molecule has 0 aliphatic rings. The van der Waals surface area contributed by atoms with E-state index in [1.807, 2.05) is 13.0 Å². The topological polar surface area (TPSA) is 79.5 Å². The van der Waals surface area contributed by atoms with E-state index in [0.29, 0.717) is 22.0 Å². The number of nitrogens with one attached hydrogen (secondary N) is 3. The minimum atomic E-state index is -0.587. The van der Waals surface area contributed by atoms with Crippen molar-refractivity contribution in [3.8, 4) is 5.75 Å². The van der Waals surface area contributed by atoms with E-state index in [0.717, 1.165) is 5.56 Å². The van der Waals surface area contributed by atoms with E-state index in [1.54, 1.807) is 36.4 Å². The molecule has 2 aromatic carbocycles. The first kappa shape index (κ1) is 16.6. The summed E-state index contributed by atoms with van der Waals surface area (Å²) in [6.45, 7) is 1.89. The van der Waals surface area contributed by atoms with Crippen molar-refractivity contribution in [2.24, 2.45) is 0 Å². The van der Waals surface area contributed by atoms with Crippen LogP contribution in [0.3, 0.4) is 0 Å². The van der Waals surface area contributed by atoms with E-state index < -0.39 is 11.9 Å². The molecule has 2 aromatic rings. The number of halogens is 1. The van der Waals surface area contributed by atoms with Crippen LogP contribution in [-0.4, -0.2) is 19.0 Å². The van der Waals surface area contributed by atoms with Crippen LogP contribution in [-0.2, 0) is 0 Å². The molecule has 0 saturated carbocycles. The number of benzene rings is 2. The Labute approximate surface area is 138 Å². The molecule has 3 amide bonds. The third kappa shape index (κ3) is 4.62. The smallest absolute Gasteiger partial charge is 0.338 e. The number of amides is 3. The molecule has 0 fully saturated rings. The van der Waals surface area contributed by atoms with Gasteiger partial charge in [-0.2, -0.15) is 0 Å². The van der Waals surface area contributed by atoms with E-state index in [4.69, 9.17) is 16.3 Å². The largest absolute Gasteiger partial charge is 0.495 e. The second kappa shape index (κ2) is 7.51. The summed E-state index contributed by atoms with van der Waals surface area (Å²) in [6, 6.07) is 11.1. The van der Waals surface area contributed by atoms with Gasteiger partial charge in [-0.25, -0.2) is 10.2 Å². The Morgan fingerprint density at radius 1 is 1.04 bits per heavy atom. The van der Waals surface area contributed by atoms with E-state index in [1.165, 1.54) is 7.11 Å². The number of hydrazine groups is 1. The van der Waals surface area contributed by atoms with Crippen molar-refractivity contribution in [2.45, 2.75) is 6.92 Å². The second-order valence-electron chi connectivity index (χ2n) is 4.74. The van der Waals surface area contributed by atoms with Crippen molar-refractivity contribution in [1.82, 2.24) is 10.9 Å². The van der Waals surface area contributed by atoms with Crippen molar-refractivity contribution < 1.29 is 14.3 Å². The Hall–Kier alpha value is -2.73. The molecule has 7 heteroatoms. The standard InChI is InChI=1S/C16H16ClN3O3/c1-10-3-8-14(23-2)13(9-10)18-16(22)20-19-15(21)11-4-6-12(17)7-5-11/h3-9H,1-2H3,(H,19,21)(H2,18,20,22). The average molecular weight is 334 g/mol. The molecular weight excluding hydrogens is 318 g/mol. The summed E-state index contributed by atoms with van der Waals surface area (Å²) in [5, 5.41) is 3.13. The summed E-state index contributed by atoms with van der Waals surface area (Å²) in [4.78, 5) is 23.7. The molecule has 0 aromatic heterocycles. The van der Waals surface area contributed by atoms with Gasteiger partial charge >= 0.3 is 6.03 Å². The third-order valence-corrected chi connectivity index (χ3v) is 3.25. The molecule has 0 spiro atoms. The molecular formula is C16H16ClN3O3. The number of anilines is 1. The molecule has 0 radical (unpaired) electrons. The lowest BCUT2D eigenvalue weighted by atomic mass is 10.2. The number of carbonyl (C=O) groups excluding carboxylic acids is 2. The number of aryl methyl sites for hydroxylation is 1. The molecule has 0 aliphatic carbocycles. The first-order valence-corrected chi connectivity index (χ1v) is 7.15. The Bertz CT molecular complexity index is 717. The normalized spacial score (nSPS) is 9.87. The van der Waals surface area contributed by atoms with Crippen molar-refractivity contribution in [2.75, 3.05) is 12.4 Å². The SMILES string of the molecule is COc1ccc(C)cc1NC(=O)NNC(=O)c1ccc(Cl)cc1. The lowest BCUT2D eigenvalue weighted by Gasteiger charge is -2.12. The van der Waals surface area contributed by atoms with Gasteiger partial charge in [0.2, 0.25) is 0 Å². The first-order chi connectivity index (χ1) is 11.0. The minimum absolute atomic E-state index is 0.378. The van der Waals surface area contributed by atoms with Gasteiger partial charge in [0.1, 0.15) is 5.75 Å². The van der Waals surface area contributed by atoms with Gasteiger partial charge in [-0.15, -0.1) is 0 Å². The number of ether oxygens (including phenoxy) is 1. The van der Waals surface area contributed by atoms with Crippen LogP contribution in [0.1, 0.15) is 15.9 Å². The molecule has 2 rings (SSSR count). The van der Waals surface area contributed by atoms with Crippen LogP contribution in [0, 0.1) is 6.92 Å². The molecule has 0 atom stereocenters. The predicted octanol–water partition coefficient (Wildman–Crippen LogP) is 3.12. The molecule has 120 valence electrons. The number of rotatable bonds is 3. The van der Waals surface area contributed by atoms with Crippen molar-refractivity contribution >= 4 is 29.2 Å². The zero-order chi connectivity index (χ0) is 16.8. The monoisotopic (exact) mass is 333 g/mol. The highest BCUT2D eigenvalue weighted by atomic mass is 35.5. The van der Waals surface area contributed by atoms with Crippen molar-refractivity contribution in [3.63, 3.8) is 0 Å². The minimum Gasteiger partial charge on any atom is -0.495 e. The maximum atomic E-state index is 11.9. The van der Waals surface area contributed by atoms with Gasteiger partial charge < -0.3 is 10.1 Å². The summed E-state index contributed by atoms with van der Waals surface area (Å²) in [5.74, 6) is 0.0720. The summed E-state index contributed by atoms with van der Waals surface area (Å²) in [5.41, 5.74) is 6.43. The van der Waals surface area contributed by atoms with Crippen LogP contribution in [0.15, 0.2) is 42.5 Å². The first-order valence-electron chi connectivity index (χ1n) is 6.77. The Balaban J connectivity index is 1.94. The summed E-state index contributed by atoms with van der Waals surface area (Å²) < 4.78 is 5.16. The maximum absolute atomic E-state index is 11.9. The quantitative estimate of drug-likeness (QED) is 0.755. The number of hydrogen-bond donors (Lipinski definition) is 3. The molecule has 3 N–H and O–H groups in total. The Kier molecular flexibility index (Phi) is 5.43. The number of hydrogen-bond acceptors (Lipinski definition) is 3. The zero-order valence-corrected chi connectivity index (χ0v) is 13.4. The molecule has 0 heterocycles. The summed E-state index contributed by atoms with van der Waals surface area (Å²) in [6.07, 6.45) is 0. The van der Waals surface area contributed by atoms with E-state index >= 15 is 0 Å². The summed E-state index contributed by atoms with van der Waals surface area (Å²) in [7, 11) is 1.51. The molecule has 0 aliphatic heterocycles.